The SMILES string of the molecule is Nc1cc(N)c(NCCCO)c(F)c1Cl. The highest BCUT2D eigenvalue weighted by Crippen LogP contribution is 2.33. The van der Waals surface area contributed by atoms with Crippen LogP contribution in [0.5, 0.6) is 0 Å². The van der Waals surface area contributed by atoms with Crippen molar-refractivity contribution in [3.05, 3.63) is 16.9 Å². The molecule has 4 nitrogen and oxygen atoms in total. The lowest BCUT2D eigenvalue weighted by Gasteiger charge is -2.12. The number of nitrogens with two attached hydrogens (primary N) is 2. The first kappa shape index (κ1) is 11.9. The number of halogens is 2. The Morgan fingerprint density at radius 1 is 1.40 bits per heavy atom. The maximum absolute atomic E-state index is 13.5. The Labute approximate surface area is 92.0 Å². The van der Waals surface area contributed by atoms with E-state index in [1.165, 1.54) is 6.07 Å². The average molecular weight is 234 g/mol. The van der Waals surface area contributed by atoms with Crippen molar-refractivity contribution in [1.82, 2.24) is 0 Å². The lowest BCUT2D eigenvalue weighted by Crippen LogP contribution is -2.08. The summed E-state index contributed by atoms with van der Waals surface area (Å²) in [5, 5.41) is 11.2. The van der Waals surface area contributed by atoms with E-state index in [4.69, 9.17) is 28.2 Å². The number of anilines is 3. The number of hydrogen-bond acceptors (Lipinski definition) is 4. The highest BCUT2D eigenvalue weighted by Gasteiger charge is 2.13. The molecule has 1 aromatic carbocycles. The second-order valence-corrected chi connectivity index (χ2v) is 3.44. The van der Waals surface area contributed by atoms with Gasteiger partial charge in [-0.2, -0.15) is 0 Å². The molecular weight excluding hydrogens is 221 g/mol. The van der Waals surface area contributed by atoms with Gasteiger partial charge >= 0.3 is 0 Å². The minimum absolute atomic E-state index is 0.0250. The summed E-state index contributed by atoms with van der Waals surface area (Å²) in [5.74, 6) is -0.660. The Hall–Kier alpha value is -1.20. The molecule has 0 aromatic heterocycles. The van der Waals surface area contributed by atoms with Gasteiger partial charge in [0.15, 0.2) is 5.82 Å². The number of rotatable bonds is 4. The third kappa shape index (κ3) is 2.64. The van der Waals surface area contributed by atoms with E-state index in [9.17, 15) is 4.39 Å². The highest BCUT2D eigenvalue weighted by molar-refractivity contribution is 6.33. The van der Waals surface area contributed by atoms with Crippen LogP contribution in [-0.4, -0.2) is 18.3 Å². The monoisotopic (exact) mass is 233 g/mol. The molecule has 15 heavy (non-hydrogen) atoms. The summed E-state index contributed by atoms with van der Waals surface area (Å²) in [6.07, 6.45) is 0.501. The number of benzene rings is 1. The van der Waals surface area contributed by atoms with Crippen molar-refractivity contribution in [3.63, 3.8) is 0 Å². The van der Waals surface area contributed by atoms with Crippen LogP contribution in [-0.2, 0) is 0 Å². The highest BCUT2D eigenvalue weighted by atomic mass is 35.5. The Morgan fingerprint density at radius 2 is 2.07 bits per heavy atom. The number of hydrogen-bond donors (Lipinski definition) is 4. The van der Waals surface area contributed by atoms with Gasteiger partial charge < -0.3 is 21.9 Å². The van der Waals surface area contributed by atoms with Crippen molar-refractivity contribution < 1.29 is 9.50 Å². The Kier molecular flexibility index (Phi) is 3.99. The largest absolute Gasteiger partial charge is 0.397 e. The molecule has 0 saturated carbocycles. The summed E-state index contributed by atoms with van der Waals surface area (Å²) in [4.78, 5) is 0. The van der Waals surface area contributed by atoms with Gasteiger partial charge in [-0.3, -0.25) is 0 Å². The minimum atomic E-state index is -0.660. The molecule has 0 fully saturated rings. The molecule has 0 aliphatic heterocycles. The maximum Gasteiger partial charge on any atom is 0.169 e. The van der Waals surface area contributed by atoms with Crippen molar-refractivity contribution in [3.8, 4) is 0 Å². The molecule has 0 atom stereocenters. The molecule has 0 radical (unpaired) electrons. The van der Waals surface area contributed by atoms with Crippen LogP contribution < -0.4 is 16.8 Å². The fraction of sp³-hybridized carbons (Fsp3) is 0.333. The van der Waals surface area contributed by atoms with Crippen molar-refractivity contribution in [2.75, 3.05) is 29.9 Å². The minimum Gasteiger partial charge on any atom is -0.397 e. The van der Waals surface area contributed by atoms with E-state index in [-0.39, 0.29) is 28.7 Å². The molecule has 0 amide bonds. The maximum atomic E-state index is 13.5. The summed E-state index contributed by atoms with van der Waals surface area (Å²) in [6.45, 7) is 0.440. The van der Waals surface area contributed by atoms with Gasteiger partial charge in [-0.15, -0.1) is 0 Å². The second-order valence-electron chi connectivity index (χ2n) is 3.06. The molecule has 6 N–H and O–H groups in total. The van der Waals surface area contributed by atoms with Crippen LogP contribution in [0.3, 0.4) is 0 Å². The zero-order valence-electron chi connectivity index (χ0n) is 8.06. The predicted molar refractivity (Wildman–Crippen MR) is 60.4 cm³/mol. The van der Waals surface area contributed by atoms with Crippen LogP contribution in [0.4, 0.5) is 21.5 Å². The van der Waals surface area contributed by atoms with E-state index in [1.54, 1.807) is 0 Å². The van der Waals surface area contributed by atoms with Gasteiger partial charge in [0, 0.05) is 13.2 Å². The molecule has 0 aliphatic rings. The summed E-state index contributed by atoms with van der Waals surface area (Å²) < 4.78 is 13.5. The summed E-state index contributed by atoms with van der Waals surface area (Å²) in [6, 6.07) is 1.40. The van der Waals surface area contributed by atoms with Gasteiger partial charge in [-0.25, -0.2) is 4.39 Å². The number of nitrogens with one attached hydrogen (secondary N) is 1. The lowest BCUT2D eigenvalue weighted by molar-refractivity contribution is 0.292. The summed E-state index contributed by atoms with van der Waals surface area (Å²) in [5.41, 5.74) is 11.4. The van der Waals surface area contributed by atoms with Crippen LogP contribution in [0.2, 0.25) is 5.02 Å². The normalized spacial score (nSPS) is 10.3. The smallest absolute Gasteiger partial charge is 0.169 e. The van der Waals surface area contributed by atoms with Crippen molar-refractivity contribution >= 4 is 28.7 Å². The van der Waals surface area contributed by atoms with Crippen LogP contribution >= 0.6 is 11.6 Å². The predicted octanol–water partition coefficient (Wildman–Crippen LogP) is 1.44. The fourth-order valence-corrected chi connectivity index (χ4v) is 1.29. The van der Waals surface area contributed by atoms with Crippen LogP contribution in [0.15, 0.2) is 6.07 Å². The van der Waals surface area contributed by atoms with Crippen LogP contribution in [0.25, 0.3) is 0 Å². The molecule has 84 valence electrons. The standard InChI is InChI=1S/C9H13ClFN3O/c10-7-5(12)4-6(13)9(8(7)11)14-2-1-3-15/h4,14-15H,1-3,12-13H2. The molecule has 1 aromatic rings. The Balaban J connectivity index is 2.92. The van der Waals surface area contributed by atoms with Gasteiger partial charge in [0.25, 0.3) is 0 Å². The molecule has 0 spiro atoms. The molecule has 0 aliphatic carbocycles. The van der Waals surface area contributed by atoms with Crippen molar-refractivity contribution in [1.29, 1.82) is 0 Å². The molecule has 6 heteroatoms. The third-order valence-corrected chi connectivity index (χ3v) is 2.29. The molecule has 0 bridgehead atoms. The summed E-state index contributed by atoms with van der Waals surface area (Å²) in [7, 11) is 0. The van der Waals surface area contributed by atoms with E-state index in [1.807, 2.05) is 0 Å². The first-order valence-corrected chi connectivity index (χ1v) is 4.83. The summed E-state index contributed by atoms with van der Waals surface area (Å²) >= 11 is 5.62. The number of aliphatic hydroxyl groups is 1. The number of aliphatic hydroxyl groups excluding tert-OH is 1. The van der Waals surface area contributed by atoms with Crippen molar-refractivity contribution in [2.24, 2.45) is 0 Å². The number of nitrogen functional groups attached to an aromatic ring is 2. The zero-order valence-corrected chi connectivity index (χ0v) is 8.81. The van der Waals surface area contributed by atoms with E-state index in [2.05, 4.69) is 5.32 Å². The first-order chi connectivity index (χ1) is 7.07. The Bertz CT molecular complexity index is 360. The third-order valence-electron chi connectivity index (χ3n) is 1.90. The van der Waals surface area contributed by atoms with Gasteiger partial charge in [0.2, 0.25) is 0 Å². The first-order valence-electron chi connectivity index (χ1n) is 4.45. The van der Waals surface area contributed by atoms with Gasteiger partial charge in [0.05, 0.1) is 17.1 Å². The molecule has 0 heterocycles. The topological polar surface area (TPSA) is 84.3 Å². The molecule has 0 unspecified atom stereocenters. The van der Waals surface area contributed by atoms with Gasteiger partial charge in [-0.1, -0.05) is 11.6 Å². The average Bonchev–Trinajstić information content (AvgIpc) is 2.20. The van der Waals surface area contributed by atoms with Crippen LogP contribution in [0, 0.1) is 5.82 Å². The Morgan fingerprint density at radius 3 is 2.67 bits per heavy atom. The van der Waals surface area contributed by atoms with E-state index in [0.29, 0.717) is 13.0 Å². The lowest BCUT2D eigenvalue weighted by atomic mass is 10.2. The van der Waals surface area contributed by atoms with E-state index in [0.717, 1.165) is 0 Å². The van der Waals surface area contributed by atoms with Crippen LogP contribution in [0.1, 0.15) is 6.42 Å². The molecule has 0 saturated heterocycles. The quantitative estimate of drug-likeness (QED) is 0.468. The molecule has 1 rings (SSSR count). The fourth-order valence-electron chi connectivity index (χ4n) is 1.14. The van der Waals surface area contributed by atoms with E-state index < -0.39 is 5.82 Å². The second kappa shape index (κ2) is 5.04. The van der Waals surface area contributed by atoms with Gasteiger partial charge in [-0.05, 0) is 12.5 Å². The molecular formula is C9H13ClFN3O. The zero-order chi connectivity index (χ0) is 11.4. The van der Waals surface area contributed by atoms with Gasteiger partial charge in [0.1, 0.15) is 5.02 Å². The van der Waals surface area contributed by atoms with Crippen molar-refractivity contribution in [2.45, 2.75) is 6.42 Å². The van der Waals surface area contributed by atoms with E-state index >= 15 is 0 Å².